The zero-order valence-electron chi connectivity index (χ0n) is 17.7. The molecule has 0 fully saturated rings. The van der Waals surface area contributed by atoms with E-state index in [1.54, 1.807) is 42.5 Å². The lowest BCUT2D eigenvalue weighted by molar-refractivity contribution is -0.114. The molecule has 3 rings (SSSR count). The van der Waals surface area contributed by atoms with Crippen molar-refractivity contribution in [2.75, 3.05) is 16.2 Å². The second kappa shape index (κ2) is 9.54. The summed E-state index contributed by atoms with van der Waals surface area (Å²) >= 11 is 6.31. The summed E-state index contributed by atoms with van der Waals surface area (Å²) in [4.78, 5) is 13.1. The lowest BCUT2D eigenvalue weighted by Crippen LogP contribution is -2.38. The molecule has 1 amide bonds. The normalized spacial score (nSPS) is 11.4. The Morgan fingerprint density at radius 2 is 1.61 bits per heavy atom. The molecule has 162 valence electrons. The molecule has 0 aliphatic rings. The van der Waals surface area contributed by atoms with Crippen molar-refractivity contribution in [3.63, 3.8) is 0 Å². The molecule has 0 heterocycles. The molecule has 31 heavy (non-hydrogen) atoms. The molecule has 0 aliphatic carbocycles. The SMILES string of the molecule is Cc1cccc(C(C)C)c1NC(=O)CN(c1ccccc1Cl)S(=O)(=O)c1ccccc1. The van der Waals surface area contributed by atoms with Gasteiger partial charge in [0.1, 0.15) is 6.54 Å². The maximum atomic E-state index is 13.4. The van der Waals surface area contributed by atoms with E-state index in [1.807, 2.05) is 39.0 Å². The summed E-state index contributed by atoms with van der Waals surface area (Å²) in [5.41, 5.74) is 2.86. The van der Waals surface area contributed by atoms with Crippen LogP contribution in [0.5, 0.6) is 0 Å². The van der Waals surface area contributed by atoms with Crippen molar-refractivity contribution in [3.8, 4) is 0 Å². The highest BCUT2D eigenvalue weighted by Crippen LogP contribution is 2.31. The maximum Gasteiger partial charge on any atom is 0.264 e. The van der Waals surface area contributed by atoms with E-state index in [1.165, 1.54) is 12.1 Å². The highest BCUT2D eigenvalue weighted by molar-refractivity contribution is 7.92. The Bertz CT molecular complexity index is 1180. The predicted octanol–water partition coefficient (Wildman–Crippen LogP) is 5.61. The van der Waals surface area contributed by atoms with Gasteiger partial charge in [-0.15, -0.1) is 0 Å². The van der Waals surface area contributed by atoms with Crippen LogP contribution in [0.1, 0.15) is 30.9 Å². The van der Waals surface area contributed by atoms with Crippen LogP contribution in [-0.2, 0) is 14.8 Å². The van der Waals surface area contributed by atoms with Crippen LogP contribution in [0.25, 0.3) is 0 Å². The van der Waals surface area contributed by atoms with Crippen molar-refractivity contribution >= 4 is 38.9 Å². The fourth-order valence-corrected chi connectivity index (χ4v) is 5.07. The maximum absolute atomic E-state index is 13.4. The third kappa shape index (κ3) is 5.09. The van der Waals surface area contributed by atoms with Crippen LogP contribution < -0.4 is 9.62 Å². The van der Waals surface area contributed by atoms with Crippen molar-refractivity contribution < 1.29 is 13.2 Å². The monoisotopic (exact) mass is 456 g/mol. The van der Waals surface area contributed by atoms with Crippen molar-refractivity contribution in [2.45, 2.75) is 31.6 Å². The number of sulfonamides is 1. The summed E-state index contributed by atoms with van der Waals surface area (Å²) in [6, 6.07) is 20.4. The topological polar surface area (TPSA) is 66.5 Å². The Labute approximate surface area is 188 Å². The number of amides is 1. The van der Waals surface area contributed by atoms with E-state index >= 15 is 0 Å². The van der Waals surface area contributed by atoms with Gasteiger partial charge in [0, 0.05) is 5.69 Å². The van der Waals surface area contributed by atoms with Gasteiger partial charge in [-0.3, -0.25) is 9.10 Å². The third-order valence-electron chi connectivity index (χ3n) is 4.93. The van der Waals surface area contributed by atoms with Gasteiger partial charge in [-0.2, -0.15) is 0 Å². The molecule has 0 radical (unpaired) electrons. The average molecular weight is 457 g/mol. The molecule has 0 aliphatic heterocycles. The first kappa shape index (κ1) is 22.8. The molecule has 3 aromatic carbocycles. The number of halogens is 1. The number of hydrogen-bond acceptors (Lipinski definition) is 3. The van der Waals surface area contributed by atoms with E-state index in [0.717, 1.165) is 15.4 Å². The van der Waals surface area contributed by atoms with Gasteiger partial charge in [-0.25, -0.2) is 8.42 Å². The van der Waals surface area contributed by atoms with Crippen molar-refractivity contribution in [2.24, 2.45) is 0 Å². The van der Waals surface area contributed by atoms with Gasteiger partial charge in [-0.1, -0.05) is 74.0 Å². The Hall–Kier alpha value is -2.83. The number of para-hydroxylation sites is 2. The van der Waals surface area contributed by atoms with Crippen LogP contribution in [0.4, 0.5) is 11.4 Å². The van der Waals surface area contributed by atoms with Crippen molar-refractivity contribution in [1.29, 1.82) is 0 Å². The first-order valence-electron chi connectivity index (χ1n) is 9.93. The molecule has 0 saturated heterocycles. The second-order valence-electron chi connectivity index (χ2n) is 7.52. The van der Waals surface area contributed by atoms with Gasteiger partial charge in [0.2, 0.25) is 5.91 Å². The quantitative estimate of drug-likeness (QED) is 0.502. The number of carbonyl (C=O) groups is 1. The summed E-state index contributed by atoms with van der Waals surface area (Å²) in [5.74, 6) is -0.251. The minimum atomic E-state index is -4.01. The number of carbonyl (C=O) groups excluding carboxylic acids is 1. The van der Waals surface area contributed by atoms with Crippen LogP contribution in [0.2, 0.25) is 5.02 Å². The molecule has 0 unspecified atom stereocenters. The second-order valence-corrected chi connectivity index (χ2v) is 9.79. The van der Waals surface area contributed by atoms with E-state index in [4.69, 9.17) is 11.6 Å². The van der Waals surface area contributed by atoms with Gasteiger partial charge in [-0.05, 0) is 48.2 Å². The van der Waals surface area contributed by atoms with Gasteiger partial charge >= 0.3 is 0 Å². The zero-order chi connectivity index (χ0) is 22.6. The Morgan fingerprint density at radius 3 is 2.26 bits per heavy atom. The molecule has 0 aromatic heterocycles. The van der Waals surface area contributed by atoms with Crippen molar-refractivity contribution in [1.82, 2.24) is 0 Å². The molecule has 0 bridgehead atoms. The van der Waals surface area contributed by atoms with E-state index in [9.17, 15) is 13.2 Å². The number of rotatable bonds is 7. The average Bonchev–Trinajstić information content (AvgIpc) is 2.74. The largest absolute Gasteiger partial charge is 0.324 e. The molecule has 3 aromatic rings. The van der Waals surface area contributed by atoms with Crippen molar-refractivity contribution in [3.05, 3.63) is 88.9 Å². The van der Waals surface area contributed by atoms with Gasteiger partial charge in [0.05, 0.1) is 15.6 Å². The Balaban J connectivity index is 1.99. The molecule has 0 saturated carbocycles. The smallest absolute Gasteiger partial charge is 0.264 e. The molecule has 5 nitrogen and oxygen atoms in total. The fraction of sp³-hybridized carbons (Fsp3) is 0.208. The van der Waals surface area contributed by atoms with Gasteiger partial charge < -0.3 is 5.32 Å². The lowest BCUT2D eigenvalue weighted by atomic mass is 9.98. The van der Waals surface area contributed by atoms with Crippen LogP contribution in [0.15, 0.2) is 77.7 Å². The number of benzene rings is 3. The summed E-state index contributed by atoms with van der Waals surface area (Å²) in [6.45, 7) is 5.58. The molecule has 1 N–H and O–H groups in total. The van der Waals surface area contributed by atoms with E-state index in [2.05, 4.69) is 5.32 Å². The standard InChI is InChI=1S/C24H25ClN2O3S/c1-17(2)20-13-9-10-18(3)24(20)26-23(28)16-27(22-15-8-7-14-21(22)25)31(29,30)19-11-5-4-6-12-19/h4-15,17H,16H2,1-3H3,(H,26,28). The highest BCUT2D eigenvalue weighted by atomic mass is 35.5. The molecule has 0 atom stereocenters. The minimum absolute atomic E-state index is 0.0847. The summed E-state index contributed by atoms with van der Waals surface area (Å²) in [5, 5.41) is 3.16. The van der Waals surface area contributed by atoms with Crippen LogP contribution >= 0.6 is 11.6 Å². The Kier molecular flexibility index (Phi) is 7.03. The molecular weight excluding hydrogens is 432 g/mol. The molecule has 7 heteroatoms. The summed E-state index contributed by atoms with van der Waals surface area (Å²) in [6.07, 6.45) is 0. The number of hydrogen-bond donors (Lipinski definition) is 1. The summed E-state index contributed by atoms with van der Waals surface area (Å²) < 4.78 is 27.9. The summed E-state index contributed by atoms with van der Waals surface area (Å²) in [7, 11) is -4.01. The van der Waals surface area contributed by atoms with E-state index < -0.39 is 22.5 Å². The van der Waals surface area contributed by atoms with E-state index in [-0.39, 0.29) is 21.5 Å². The van der Waals surface area contributed by atoms with Crippen LogP contribution in [-0.4, -0.2) is 20.9 Å². The number of nitrogens with zero attached hydrogens (tertiary/aromatic N) is 1. The first-order chi connectivity index (χ1) is 14.7. The zero-order valence-corrected chi connectivity index (χ0v) is 19.2. The molecule has 0 spiro atoms. The number of anilines is 2. The minimum Gasteiger partial charge on any atom is -0.324 e. The number of nitrogens with one attached hydrogen (secondary N) is 1. The van der Waals surface area contributed by atoms with Gasteiger partial charge in [0.25, 0.3) is 10.0 Å². The van der Waals surface area contributed by atoms with Crippen LogP contribution in [0, 0.1) is 6.92 Å². The predicted molar refractivity (Wildman–Crippen MR) is 126 cm³/mol. The lowest BCUT2D eigenvalue weighted by Gasteiger charge is -2.25. The number of aryl methyl sites for hydroxylation is 1. The highest BCUT2D eigenvalue weighted by Gasteiger charge is 2.29. The van der Waals surface area contributed by atoms with Crippen LogP contribution in [0.3, 0.4) is 0 Å². The van der Waals surface area contributed by atoms with Gasteiger partial charge in [0.15, 0.2) is 0 Å². The first-order valence-corrected chi connectivity index (χ1v) is 11.7. The molecular formula is C24H25ClN2O3S. The Morgan fingerprint density at radius 1 is 0.968 bits per heavy atom. The fourth-order valence-electron chi connectivity index (χ4n) is 3.33. The third-order valence-corrected chi connectivity index (χ3v) is 7.02. The van der Waals surface area contributed by atoms with E-state index in [0.29, 0.717) is 5.69 Å².